The topological polar surface area (TPSA) is 90.5 Å². The number of nitrogens with zero attached hydrogens (tertiary/aromatic N) is 3. The summed E-state index contributed by atoms with van der Waals surface area (Å²) in [7, 11) is 0. The number of aromatic nitrogens is 2. The van der Waals surface area contributed by atoms with Crippen LogP contribution in [0.5, 0.6) is 0 Å². The molecule has 0 amide bonds. The molecule has 2 atom stereocenters. The van der Waals surface area contributed by atoms with Crippen molar-refractivity contribution in [2.45, 2.75) is 44.0 Å². The number of carbonyl (C=O) groups excluding carboxylic acids is 1. The quantitative estimate of drug-likeness (QED) is 0.820. The Hall–Kier alpha value is -2.25. The molecule has 1 saturated heterocycles. The highest BCUT2D eigenvalue weighted by atomic mass is 16.5. The molecule has 0 aromatic carbocycles. The Morgan fingerprint density at radius 1 is 1.32 bits per heavy atom. The number of aldehydes is 1. The second-order valence-corrected chi connectivity index (χ2v) is 7.22. The largest absolute Gasteiger partial charge is 0.374 e. The van der Waals surface area contributed by atoms with Gasteiger partial charge < -0.3 is 19.9 Å². The summed E-state index contributed by atoms with van der Waals surface area (Å²) in [6.07, 6.45) is 6.99. The highest BCUT2D eigenvalue weighted by Crippen LogP contribution is 2.40. The van der Waals surface area contributed by atoms with Gasteiger partial charge in [-0.1, -0.05) is 0 Å². The summed E-state index contributed by atoms with van der Waals surface area (Å²) in [6.45, 7) is 1.83. The van der Waals surface area contributed by atoms with Gasteiger partial charge in [-0.2, -0.15) is 0 Å². The van der Waals surface area contributed by atoms with Gasteiger partial charge in [-0.15, -0.1) is 0 Å². The molecule has 0 radical (unpaired) electrons. The fraction of sp³-hybridized carbons (Fsp3) is 0.500. The van der Waals surface area contributed by atoms with Crippen molar-refractivity contribution in [1.29, 1.82) is 0 Å². The molecule has 2 aromatic heterocycles. The summed E-state index contributed by atoms with van der Waals surface area (Å²) in [6, 6.07) is 0.543. The first-order valence-electron chi connectivity index (χ1n) is 8.81. The van der Waals surface area contributed by atoms with E-state index in [0.29, 0.717) is 30.9 Å². The van der Waals surface area contributed by atoms with Crippen molar-refractivity contribution in [3.05, 3.63) is 33.7 Å². The Balaban J connectivity index is 1.81. The van der Waals surface area contributed by atoms with Gasteiger partial charge in [0.1, 0.15) is 5.82 Å². The molecular weight excluding hydrogens is 320 g/mol. The molecule has 1 saturated carbocycles. The zero-order valence-electron chi connectivity index (χ0n) is 13.9. The predicted molar refractivity (Wildman–Crippen MR) is 93.0 cm³/mol. The van der Waals surface area contributed by atoms with Crippen LogP contribution < -0.4 is 16.1 Å². The van der Waals surface area contributed by atoms with E-state index >= 15 is 0 Å². The minimum atomic E-state index is -0.254. The Kier molecular flexibility index (Phi) is 3.23. The highest BCUT2D eigenvalue weighted by molar-refractivity contribution is 5.90. The van der Waals surface area contributed by atoms with Crippen molar-refractivity contribution in [3.8, 4) is 0 Å². The molecule has 3 aliphatic rings. The SMILES string of the molecule is N[C@@H]1CCN2c3ncc4c(=O)c(C=O)cn(C5CC5)c4c3COC[C@H]12. The number of hydrogen-bond acceptors (Lipinski definition) is 6. The fourth-order valence-corrected chi connectivity index (χ4v) is 4.16. The van der Waals surface area contributed by atoms with Gasteiger partial charge in [0.25, 0.3) is 0 Å². The molecule has 2 N–H and O–H groups in total. The van der Waals surface area contributed by atoms with Crippen LogP contribution >= 0.6 is 0 Å². The highest BCUT2D eigenvalue weighted by Gasteiger charge is 2.37. The van der Waals surface area contributed by atoms with Crippen molar-refractivity contribution >= 4 is 23.0 Å². The summed E-state index contributed by atoms with van der Waals surface area (Å²) < 4.78 is 8.00. The first kappa shape index (κ1) is 15.0. The molecular formula is C18H20N4O3. The summed E-state index contributed by atoms with van der Waals surface area (Å²) in [4.78, 5) is 30.8. The zero-order chi connectivity index (χ0) is 17.1. The number of ether oxygens (including phenoxy) is 1. The molecule has 1 aliphatic carbocycles. The average Bonchev–Trinajstić information content (AvgIpc) is 3.42. The van der Waals surface area contributed by atoms with Crippen LogP contribution in [0.25, 0.3) is 10.9 Å². The van der Waals surface area contributed by atoms with Crippen LogP contribution in [0.3, 0.4) is 0 Å². The van der Waals surface area contributed by atoms with E-state index in [1.165, 1.54) is 0 Å². The Bertz CT molecular complexity index is 934. The third kappa shape index (κ3) is 2.15. The number of rotatable bonds is 2. The van der Waals surface area contributed by atoms with Crippen LogP contribution in [0.15, 0.2) is 17.2 Å². The third-order valence-corrected chi connectivity index (χ3v) is 5.64. The first-order chi connectivity index (χ1) is 12.2. The number of pyridine rings is 2. The maximum Gasteiger partial charge on any atom is 0.201 e. The number of nitrogens with two attached hydrogens (primary N) is 1. The lowest BCUT2D eigenvalue weighted by Crippen LogP contribution is -2.42. The molecule has 0 unspecified atom stereocenters. The van der Waals surface area contributed by atoms with Crippen molar-refractivity contribution in [2.75, 3.05) is 18.1 Å². The molecule has 4 heterocycles. The van der Waals surface area contributed by atoms with E-state index in [1.54, 1.807) is 12.4 Å². The van der Waals surface area contributed by atoms with Gasteiger partial charge in [-0.25, -0.2) is 4.98 Å². The van der Waals surface area contributed by atoms with E-state index in [1.807, 2.05) is 0 Å². The smallest absolute Gasteiger partial charge is 0.201 e. The van der Waals surface area contributed by atoms with Crippen LogP contribution in [0.4, 0.5) is 5.82 Å². The van der Waals surface area contributed by atoms with Crippen LogP contribution in [0.1, 0.15) is 41.2 Å². The van der Waals surface area contributed by atoms with Gasteiger partial charge in [-0.3, -0.25) is 9.59 Å². The molecule has 7 nitrogen and oxygen atoms in total. The van der Waals surface area contributed by atoms with Gasteiger partial charge in [0, 0.05) is 36.6 Å². The van der Waals surface area contributed by atoms with Crippen LogP contribution in [0, 0.1) is 0 Å². The summed E-state index contributed by atoms with van der Waals surface area (Å²) in [5.74, 6) is 0.871. The van der Waals surface area contributed by atoms with E-state index in [2.05, 4.69) is 14.5 Å². The van der Waals surface area contributed by atoms with Crippen molar-refractivity contribution in [1.82, 2.24) is 9.55 Å². The van der Waals surface area contributed by atoms with Gasteiger partial charge in [0.15, 0.2) is 6.29 Å². The fourth-order valence-electron chi connectivity index (χ4n) is 4.16. The summed E-state index contributed by atoms with van der Waals surface area (Å²) in [5, 5.41) is 0.501. The lowest BCUT2D eigenvalue weighted by Gasteiger charge is -2.26. The lowest BCUT2D eigenvalue weighted by molar-refractivity contribution is 0.112. The molecule has 130 valence electrons. The number of fused-ring (bicyclic) bond motifs is 5. The van der Waals surface area contributed by atoms with E-state index in [4.69, 9.17) is 10.5 Å². The number of hydrogen-bond donors (Lipinski definition) is 1. The molecule has 5 rings (SSSR count). The number of carbonyl (C=O) groups is 1. The minimum absolute atomic E-state index is 0.0755. The Morgan fingerprint density at radius 2 is 2.16 bits per heavy atom. The molecule has 0 bridgehead atoms. The van der Waals surface area contributed by atoms with Crippen LogP contribution in [-0.2, 0) is 11.3 Å². The van der Waals surface area contributed by atoms with Gasteiger partial charge in [-0.05, 0) is 19.3 Å². The van der Waals surface area contributed by atoms with Crippen molar-refractivity contribution < 1.29 is 9.53 Å². The Morgan fingerprint density at radius 3 is 2.92 bits per heavy atom. The molecule has 0 spiro atoms. The normalized spacial score (nSPS) is 25.6. The minimum Gasteiger partial charge on any atom is -0.374 e. The van der Waals surface area contributed by atoms with Gasteiger partial charge in [0.2, 0.25) is 5.43 Å². The van der Waals surface area contributed by atoms with Crippen LogP contribution in [0.2, 0.25) is 0 Å². The molecule has 25 heavy (non-hydrogen) atoms. The van der Waals surface area contributed by atoms with E-state index < -0.39 is 0 Å². The number of anilines is 1. The predicted octanol–water partition coefficient (Wildman–Crippen LogP) is 0.980. The molecule has 2 aliphatic heterocycles. The monoisotopic (exact) mass is 340 g/mol. The summed E-state index contributed by atoms with van der Waals surface area (Å²) >= 11 is 0. The average molecular weight is 340 g/mol. The van der Waals surface area contributed by atoms with E-state index in [0.717, 1.165) is 42.7 Å². The first-order valence-corrected chi connectivity index (χ1v) is 8.81. The summed E-state index contributed by atoms with van der Waals surface area (Å²) in [5.41, 5.74) is 7.98. The van der Waals surface area contributed by atoms with Crippen LogP contribution in [-0.4, -0.2) is 41.1 Å². The van der Waals surface area contributed by atoms with Gasteiger partial charge >= 0.3 is 0 Å². The van der Waals surface area contributed by atoms with Gasteiger partial charge in [0.05, 0.1) is 35.7 Å². The zero-order valence-corrected chi connectivity index (χ0v) is 13.9. The second-order valence-electron chi connectivity index (χ2n) is 7.22. The van der Waals surface area contributed by atoms with Crippen molar-refractivity contribution in [2.24, 2.45) is 5.73 Å². The molecule has 2 aromatic rings. The lowest BCUT2D eigenvalue weighted by atomic mass is 10.1. The maximum atomic E-state index is 12.6. The third-order valence-electron chi connectivity index (χ3n) is 5.64. The van der Waals surface area contributed by atoms with E-state index in [9.17, 15) is 9.59 Å². The molecule has 2 fully saturated rings. The maximum absolute atomic E-state index is 12.6. The van der Waals surface area contributed by atoms with E-state index in [-0.39, 0.29) is 23.1 Å². The standard InChI is InChI=1S/C18H20N4O3/c19-14-3-4-21-15(14)9-25-8-13-16-12(5-20-18(13)21)17(24)10(7-23)6-22(16)11-1-2-11/h5-7,11,14-15H,1-4,8-9,19H2/t14-,15-/m1/s1. The second kappa shape index (κ2) is 5.37. The Labute approximate surface area is 144 Å². The van der Waals surface area contributed by atoms with Crippen molar-refractivity contribution in [3.63, 3.8) is 0 Å². The molecule has 7 heteroatoms.